The molecule has 1 aromatic heterocycles. The summed E-state index contributed by atoms with van der Waals surface area (Å²) < 4.78 is 0. The SMILES string of the molecule is Oc1ccc2c(-c3nc4ccccc4[nH]3)cccc2c1. The van der Waals surface area contributed by atoms with Gasteiger partial charge in [-0.05, 0) is 41.1 Å². The molecule has 0 aliphatic heterocycles. The van der Waals surface area contributed by atoms with Crippen LogP contribution in [-0.4, -0.2) is 15.1 Å². The zero-order valence-corrected chi connectivity index (χ0v) is 10.7. The van der Waals surface area contributed by atoms with Crippen LogP contribution in [0.1, 0.15) is 0 Å². The van der Waals surface area contributed by atoms with Gasteiger partial charge in [0.25, 0.3) is 0 Å². The molecule has 0 fully saturated rings. The molecule has 20 heavy (non-hydrogen) atoms. The van der Waals surface area contributed by atoms with Gasteiger partial charge in [0, 0.05) is 5.56 Å². The predicted molar refractivity (Wildman–Crippen MR) is 80.7 cm³/mol. The lowest BCUT2D eigenvalue weighted by Crippen LogP contribution is -1.83. The third-order valence-corrected chi connectivity index (χ3v) is 3.51. The summed E-state index contributed by atoms with van der Waals surface area (Å²) >= 11 is 0. The average Bonchev–Trinajstić information content (AvgIpc) is 2.90. The van der Waals surface area contributed by atoms with Crippen LogP contribution < -0.4 is 0 Å². The second-order valence-corrected chi connectivity index (χ2v) is 4.81. The minimum atomic E-state index is 0.277. The maximum atomic E-state index is 9.58. The summed E-state index contributed by atoms with van der Waals surface area (Å²) in [6, 6.07) is 19.4. The Labute approximate surface area is 115 Å². The molecule has 3 nitrogen and oxygen atoms in total. The molecular weight excluding hydrogens is 248 g/mol. The number of H-pyrrole nitrogens is 1. The van der Waals surface area contributed by atoms with Crippen molar-refractivity contribution >= 4 is 21.8 Å². The van der Waals surface area contributed by atoms with Crippen LogP contribution in [0.15, 0.2) is 60.7 Å². The highest BCUT2D eigenvalue weighted by molar-refractivity contribution is 5.97. The number of nitrogens with one attached hydrogen (secondary N) is 1. The minimum absolute atomic E-state index is 0.277. The first-order chi connectivity index (χ1) is 9.81. The summed E-state index contributed by atoms with van der Waals surface area (Å²) in [6.45, 7) is 0. The van der Waals surface area contributed by atoms with Crippen molar-refractivity contribution in [2.24, 2.45) is 0 Å². The topological polar surface area (TPSA) is 48.9 Å². The average molecular weight is 260 g/mol. The Balaban J connectivity index is 2.01. The molecule has 0 spiro atoms. The lowest BCUT2D eigenvalue weighted by molar-refractivity contribution is 0.476. The lowest BCUT2D eigenvalue weighted by Gasteiger charge is -2.04. The Morgan fingerprint density at radius 2 is 1.80 bits per heavy atom. The van der Waals surface area contributed by atoms with E-state index < -0.39 is 0 Å². The van der Waals surface area contributed by atoms with Crippen molar-refractivity contribution in [3.05, 3.63) is 60.7 Å². The largest absolute Gasteiger partial charge is 0.508 e. The fraction of sp³-hybridized carbons (Fsp3) is 0. The first kappa shape index (κ1) is 11.1. The standard InChI is InChI=1S/C17H12N2O/c20-12-8-9-13-11(10-12)4-3-5-14(13)17-18-15-6-1-2-7-16(15)19-17/h1-10,20H,(H,18,19). The number of phenolic OH excluding ortho intramolecular Hbond substituents is 1. The number of aromatic amines is 1. The van der Waals surface area contributed by atoms with Gasteiger partial charge in [-0.2, -0.15) is 0 Å². The number of nitrogens with zero attached hydrogens (tertiary/aromatic N) is 1. The highest BCUT2D eigenvalue weighted by Crippen LogP contribution is 2.30. The highest BCUT2D eigenvalue weighted by Gasteiger charge is 2.08. The molecule has 3 aromatic carbocycles. The van der Waals surface area contributed by atoms with Crippen molar-refractivity contribution in [3.63, 3.8) is 0 Å². The van der Waals surface area contributed by atoms with Crippen molar-refractivity contribution in [2.75, 3.05) is 0 Å². The molecule has 0 aliphatic carbocycles. The molecule has 0 unspecified atom stereocenters. The number of hydrogen-bond donors (Lipinski definition) is 2. The number of aromatic nitrogens is 2. The van der Waals surface area contributed by atoms with Gasteiger partial charge in [-0.15, -0.1) is 0 Å². The van der Waals surface area contributed by atoms with Gasteiger partial charge >= 0.3 is 0 Å². The molecule has 0 bridgehead atoms. The second kappa shape index (κ2) is 4.10. The number of hydrogen-bond acceptors (Lipinski definition) is 2. The zero-order valence-electron chi connectivity index (χ0n) is 10.7. The normalized spacial score (nSPS) is 11.2. The van der Waals surface area contributed by atoms with E-state index >= 15 is 0 Å². The summed E-state index contributed by atoms with van der Waals surface area (Å²) in [5, 5.41) is 11.7. The van der Waals surface area contributed by atoms with Crippen molar-refractivity contribution in [1.29, 1.82) is 0 Å². The third-order valence-electron chi connectivity index (χ3n) is 3.51. The number of fused-ring (bicyclic) bond motifs is 2. The van der Waals surface area contributed by atoms with Gasteiger partial charge in [0.2, 0.25) is 0 Å². The molecule has 0 atom stereocenters. The van der Waals surface area contributed by atoms with Crippen LogP contribution in [-0.2, 0) is 0 Å². The molecule has 0 saturated carbocycles. The van der Waals surface area contributed by atoms with Crippen molar-refractivity contribution < 1.29 is 5.11 Å². The molecule has 4 rings (SSSR count). The maximum Gasteiger partial charge on any atom is 0.139 e. The minimum Gasteiger partial charge on any atom is -0.508 e. The Morgan fingerprint density at radius 3 is 2.70 bits per heavy atom. The number of para-hydroxylation sites is 2. The molecule has 3 heteroatoms. The second-order valence-electron chi connectivity index (χ2n) is 4.81. The number of benzene rings is 3. The van der Waals surface area contributed by atoms with Crippen LogP contribution in [0.25, 0.3) is 33.2 Å². The van der Waals surface area contributed by atoms with E-state index in [9.17, 15) is 5.11 Å². The molecule has 1 heterocycles. The highest BCUT2D eigenvalue weighted by atomic mass is 16.3. The Kier molecular flexibility index (Phi) is 2.27. The molecule has 0 saturated heterocycles. The third kappa shape index (κ3) is 1.64. The summed E-state index contributed by atoms with van der Waals surface area (Å²) in [5.74, 6) is 1.13. The predicted octanol–water partition coefficient (Wildman–Crippen LogP) is 4.09. The van der Waals surface area contributed by atoms with Gasteiger partial charge < -0.3 is 10.1 Å². The first-order valence-corrected chi connectivity index (χ1v) is 6.48. The maximum absolute atomic E-state index is 9.58. The van der Waals surface area contributed by atoms with Gasteiger partial charge in [0.1, 0.15) is 11.6 Å². The summed E-state index contributed by atoms with van der Waals surface area (Å²) in [7, 11) is 0. The van der Waals surface area contributed by atoms with E-state index in [-0.39, 0.29) is 5.75 Å². The first-order valence-electron chi connectivity index (χ1n) is 6.48. The van der Waals surface area contributed by atoms with Gasteiger partial charge in [0.15, 0.2) is 0 Å². The smallest absolute Gasteiger partial charge is 0.139 e. The number of imidazole rings is 1. The molecule has 2 N–H and O–H groups in total. The molecule has 96 valence electrons. The number of phenols is 1. The molecule has 0 radical (unpaired) electrons. The summed E-state index contributed by atoms with van der Waals surface area (Å²) in [5.41, 5.74) is 3.02. The van der Waals surface area contributed by atoms with Crippen LogP contribution >= 0.6 is 0 Å². The fourth-order valence-corrected chi connectivity index (χ4v) is 2.56. The Bertz CT molecular complexity index is 891. The van der Waals surface area contributed by atoms with Crippen LogP contribution in [0, 0.1) is 0 Å². The summed E-state index contributed by atoms with van der Waals surface area (Å²) in [4.78, 5) is 7.98. The number of aromatic hydroxyl groups is 1. The van der Waals surface area contributed by atoms with Gasteiger partial charge in [-0.3, -0.25) is 0 Å². The van der Waals surface area contributed by atoms with E-state index in [1.807, 2.05) is 48.5 Å². The van der Waals surface area contributed by atoms with E-state index in [2.05, 4.69) is 9.97 Å². The fourth-order valence-electron chi connectivity index (χ4n) is 2.56. The van der Waals surface area contributed by atoms with Crippen LogP contribution in [0.2, 0.25) is 0 Å². The van der Waals surface area contributed by atoms with Crippen molar-refractivity contribution in [2.45, 2.75) is 0 Å². The van der Waals surface area contributed by atoms with Crippen LogP contribution in [0.5, 0.6) is 5.75 Å². The molecule has 0 aliphatic rings. The van der Waals surface area contributed by atoms with E-state index in [1.54, 1.807) is 12.1 Å². The van der Waals surface area contributed by atoms with Crippen LogP contribution in [0.4, 0.5) is 0 Å². The Morgan fingerprint density at radius 1 is 0.900 bits per heavy atom. The quantitative estimate of drug-likeness (QED) is 0.541. The van der Waals surface area contributed by atoms with E-state index in [4.69, 9.17) is 0 Å². The van der Waals surface area contributed by atoms with E-state index in [0.717, 1.165) is 33.2 Å². The molecule has 0 amide bonds. The van der Waals surface area contributed by atoms with Crippen molar-refractivity contribution in [1.82, 2.24) is 9.97 Å². The van der Waals surface area contributed by atoms with Gasteiger partial charge in [-0.25, -0.2) is 4.98 Å². The van der Waals surface area contributed by atoms with Crippen LogP contribution in [0.3, 0.4) is 0 Å². The van der Waals surface area contributed by atoms with Gasteiger partial charge in [0.05, 0.1) is 11.0 Å². The Hall–Kier alpha value is -2.81. The van der Waals surface area contributed by atoms with E-state index in [1.165, 1.54) is 0 Å². The summed E-state index contributed by atoms with van der Waals surface area (Å²) in [6.07, 6.45) is 0. The molecular formula is C17H12N2O. The molecule has 4 aromatic rings. The number of rotatable bonds is 1. The monoisotopic (exact) mass is 260 g/mol. The zero-order chi connectivity index (χ0) is 13.5. The van der Waals surface area contributed by atoms with Crippen molar-refractivity contribution in [3.8, 4) is 17.1 Å². The lowest BCUT2D eigenvalue weighted by atomic mass is 10.0. The van der Waals surface area contributed by atoms with Gasteiger partial charge in [-0.1, -0.05) is 30.3 Å². The van der Waals surface area contributed by atoms with E-state index in [0.29, 0.717) is 0 Å².